The van der Waals surface area contributed by atoms with Gasteiger partial charge in [-0.2, -0.15) is 0 Å². The third-order valence-corrected chi connectivity index (χ3v) is 2.32. The first-order chi connectivity index (χ1) is 7.83. The highest BCUT2D eigenvalue weighted by molar-refractivity contribution is 5.85. The second-order valence-corrected chi connectivity index (χ2v) is 3.92. The van der Waals surface area contributed by atoms with E-state index >= 15 is 0 Å². The summed E-state index contributed by atoms with van der Waals surface area (Å²) in [6, 6.07) is 10.4. The van der Waals surface area contributed by atoms with E-state index in [0.29, 0.717) is 0 Å². The van der Waals surface area contributed by atoms with Crippen LogP contribution >= 0.6 is 12.4 Å². The van der Waals surface area contributed by atoms with Crippen LogP contribution in [0.1, 0.15) is 18.9 Å². The summed E-state index contributed by atoms with van der Waals surface area (Å²) in [5, 5.41) is 3.39. The van der Waals surface area contributed by atoms with E-state index in [1.54, 1.807) is 7.11 Å². The van der Waals surface area contributed by atoms with Gasteiger partial charge in [-0.1, -0.05) is 42.0 Å². The maximum Gasteiger partial charge on any atom is 0.0474 e. The maximum atomic E-state index is 4.99. The quantitative estimate of drug-likeness (QED) is 0.756. The van der Waals surface area contributed by atoms with E-state index in [0.717, 1.165) is 26.1 Å². The number of ether oxygens (including phenoxy) is 1. The minimum atomic E-state index is 0. The van der Waals surface area contributed by atoms with Gasteiger partial charge in [-0.15, -0.1) is 12.4 Å². The van der Waals surface area contributed by atoms with Crippen molar-refractivity contribution in [3.63, 3.8) is 0 Å². The molecule has 3 heteroatoms. The lowest BCUT2D eigenvalue weighted by molar-refractivity contribution is 0.194. The number of hydrogen-bond donors (Lipinski definition) is 1. The van der Waals surface area contributed by atoms with Gasteiger partial charge in [0.1, 0.15) is 0 Å². The molecule has 1 rings (SSSR count). The van der Waals surface area contributed by atoms with Gasteiger partial charge in [0.2, 0.25) is 0 Å². The topological polar surface area (TPSA) is 21.3 Å². The summed E-state index contributed by atoms with van der Waals surface area (Å²) in [5.41, 5.74) is 2.61. The largest absolute Gasteiger partial charge is 0.385 e. The lowest BCUT2D eigenvalue weighted by atomic mass is 10.1. The fourth-order valence-corrected chi connectivity index (χ4v) is 1.51. The van der Waals surface area contributed by atoms with E-state index < -0.39 is 0 Å². The standard InChI is InChI=1S/C14H21NO.ClH/c1-13(12-15-9-6-10-16-2)11-14-7-4-3-5-8-14;/h3-5,7-8,11,15H,6,9-10,12H2,1-2H3;1H/b13-11+;. The molecular weight excluding hydrogens is 234 g/mol. The van der Waals surface area contributed by atoms with Crippen molar-refractivity contribution in [1.29, 1.82) is 0 Å². The summed E-state index contributed by atoms with van der Waals surface area (Å²) >= 11 is 0. The van der Waals surface area contributed by atoms with Crippen LogP contribution < -0.4 is 5.32 Å². The molecule has 0 spiro atoms. The van der Waals surface area contributed by atoms with Crippen molar-refractivity contribution in [2.75, 3.05) is 26.8 Å². The number of rotatable bonds is 7. The van der Waals surface area contributed by atoms with Crippen molar-refractivity contribution in [2.45, 2.75) is 13.3 Å². The van der Waals surface area contributed by atoms with Crippen molar-refractivity contribution in [3.05, 3.63) is 41.5 Å². The second kappa shape index (κ2) is 10.3. The first-order valence-electron chi connectivity index (χ1n) is 5.75. The van der Waals surface area contributed by atoms with Crippen LogP contribution in [0.2, 0.25) is 0 Å². The predicted octanol–water partition coefficient (Wildman–Crippen LogP) is 3.14. The lowest BCUT2D eigenvalue weighted by Crippen LogP contribution is -2.18. The van der Waals surface area contributed by atoms with Crippen LogP contribution in [0.15, 0.2) is 35.9 Å². The molecule has 1 N–H and O–H groups in total. The summed E-state index contributed by atoms with van der Waals surface area (Å²) < 4.78 is 4.99. The fraction of sp³-hybridized carbons (Fsp3) is 0.429. The van der Waals surface area contributed by atoms with E-state index in [4.69, 9.17) is 4.74 Å². The minimum absolute atomic E-state index is 0. The molecule has 0 radical (unpaired) electrons. The molecule has 0 aromatic heterocycles. The van der Waals surface area contributed by atoms with Gasteiger partial charge in [0.05, 0.1) is 0 Å². The first kappa shape index (κ1) is 16.2. The molecular formula is C14H22ClNO. The lowest BCUT2D eigenvalue weighted by Gasteiger charge is -2.04. The van der Waals surface area contributed by atoms with E-state index in [-0.39, 0.29) is 12.4 Å². The molecule has 0 aliphatic carbocycles. The molecule has 0 unspecified atom stereocenters. The molecule has 2 nitrogen and oxygen atoms in total. The van der Waals surface area contributed by atoms with Gasteiger partial charge in [0.25, 0.3) is 0 Å². The van der Waals surface area contributed by atoms with Crippen molar-refractivity contribution >= 4 is 18.5 Å². The molecule has 0 aliphatic rings. The van der Waals surface area contributed by atoms with Gasteiger partial charge in [-0.25, -0.2) is 0 Å². The van der Waals surface area contributed by atoms with Crippen molar-refractivity contribution in [1.82, 2.24) is 5.32 Å². The molecule has 0 heterocycles. The van der Waals surface area contributed by atoms with Gasteiger partial charge >= 0.3 is 0 Å². The molecule has 0 saturated carbocycles. The van der Waals surface area contributed by atoms with Gasteiger partial charge in [0.15, 0.2) is 0 Å². The Morgan fingerprint density at radius 3 is 2.65 bits per heavy atom. The van der Waals surface area contributed by atoms with E-state index in [9.17, 15) is 0 Å². The zero-order valence-electron chi connectivity index (χ0n) is 10.6. The number of methoxy groups -OCH3 is 1. The Kier molecular flexibility index (Phi) is 9.83. The molecule has 17 heavy (non-hydrogen) atoms. The highest BCUT2D eigenvalue weighted by Gasteiger charge is 1.91. The van der Waals surface area contributed by atoms with Crippen molar-refractivity contribution in [3.8, 4) is 0 Å². The van der Waals surface area contributed by atoms with E-state index in [2.05, 4.69) is 42.6 Å². The highest BCUT2D eigenvalue weighted by atomic mass is 35.5. The third kappa shape index (κ3) is 7.97. The Labute approximate surface area is 110 Å². The first-order valence-corrected chi connectivity index (χ1v) is 5.75. The smallest absolute Gasteiger partial charge is 0.0474 e. The number of halogens is 1. The van der Waals surface area contributed by atoms with Crippen molar-refractivity contribution in [2.24, 2.45) is 0 Å². The van der Waals surface area contributed by atoms with Crippen LogP contribution in [-0.2, 0) is 4.74 Å². The van der Waals surface area contributed by atoms with Gasteiger partial charge in [-0.3, -0.25) is 0 Å². The Hall–Kier alpha value is -0.830. The molecule has 1 aromatic carbocycles. The Morgan fingerprint density at radius 1 is 1.29 bits per heavy atom. The zero-order chi connectivity index (χ0) is 11.6. The van der Waals surface area contributed by atoms with Gasteiger partial charge in [0, 0.05) is 20.3 Å². The Bertz CT molecular complexity index is 311. The molecule has 1 aromatic rings. The molecule has 0 atom stereocenters. The molecule has 0 aliphatic heterocycles. The summed E-state index contributed by atoms with van der Waals surface area (Å²) in [6.45, 7) is 4.93. The third-order valence-electron chi connectivity index (χ3n) is 2.32. The van der Waals surface area contributed by atoms with Crippen LogP contribution in [0.25, 0.3) is 6.08 Å². The van der Waals surface area contributed by atoms with Gasteiger partial charge in [-0.05, 0) is 25.5 Å². The molecule has 0 bridgehead atoms. The van der Waals surface area contributed by atoms with Crippen LogP contribution in [0.4, 0.5) is 0 Å². The molecule has 0 fully saturated rings. The SMILES string of the molecule is COCCCNC/C(C)=C/c1ccccc1.Cl. The minimum Gasteiger partial charge on any atom is -0.385 e. The predicted molar refractivity (Wildman–Crippen MR) is 76.7 cm³/mol. The zero-order valence-corrected chi connectivity index (χ0v) is 11.4. The Balaban J connectivity index is 0.00000256. The highest BCUT2D eigenvalue weighted by Crippen LogP contribution is 2.04. The summed E-state index contributed by atoms with van der Waals surface area (Å²) in [6.07, 6.45) is 3.28. The molecule has 0 saturated heterocycles. The van der Waals surface area contributed by atoms with E-state index in [1.165, 1.54) is 11.1 Å². The second-order valence-electron chi connectivity index (χ2n) is 3.92. The van der Waals surface area contributed by atoms with Crippen molar-refractivity contribution < 1.29 is 4.74 Å². The average molecular weight is 256 g/mol. The number of benzene rings is 1. The summed E-state index contributed by atoms with van der Waals surface area (Å²) in [5.74, 6) is 0. The number of nitrogens with one attached hydrogen (secondary N) is 1. The normalized spacial score (nSPS) is 11.1. The fourth-order valence-electron chi connectivity index (χ4n) is 1.51. The van der Waals surface area contributed by atoms with Crippen LogP contribution in [0, 0.1) is 0 Å². The summed E-state index contributed by atoms with van der Waals surface area (Å²) in [4.78, 5) is 0. The van der Waals surface area contributed by atoms with Crippen LogP contribution in [0.3, 0.4) is 0 Å². The van der Waals surface area contributed by atoms with Crippen LogP contribution in [-0.4, -0.2) is 26.8 Å². The Morgan fingerprint density at radius 2 is 2.00 bits per heavy atom. The van der Waals surface area contributed by atoms with Crippen LogP contribution in [0.5, 0.6) is 0 Å². The molecule has 96 valence electrons. The molecule has 0 amide bonds. The maximum absolute atomic E-state index is 4.99. The average Bonchev–Trinajstić information content (AvgIpc) is 2.30. The monoisotopic (exact) mass is 255 g/mol. The summed E-state index contributed by atoms with van der Waals surface area (Å²) in [7, 11) is 1.74. The van der Waals surface area contributed by atoms with Gasteiger partial charge < -0.3 is 10.1 Å². The van der Waals surface area contributed by atoms with E-state index in [1.807, 2.05) is 6.07 Å². The number of hydrogen-bond acceptors (Lipinski definition) is 2.